The lowest BCUT2D eigenvalue weighted by molar-refractivity contribution is 0.0734. The second-order valence-electron chi connectivity index (χ2n) is 4.24. The molecule has 0 aromatic carbocycles. The average molecular weight is 201 g/mol. The van der Waals surface area contributed by atoms with Gasteiger partial charge in [0, 0.05) is 30.1 Å². The first kappa shape index (κ1) is 9.81. The molecule has 0 spiro atoms. The zero-order valence-corrected chi connectivity index (χ0v) is 9.09. The van der Waals surface area contributed by atoms with Gasteiger partial charge in [-0.3, -0.25) is 4.90 Å². The van der Waals surface area contributed by atoms with Crippen LogP contribution in [0.1, 0.15) is 26.2 Å². The molecule has 3 atom stereocenters. The van der Waals surface area contributed by atoms with E-state index in [1.165, 1.54) is 31.7 Å². The minimum absolute atomic E-state index is 0.0460. The van der Waals surface area contributed by atoms with Crippen LogP contribution in [0, 0.1) is 0 Å². The van der Waals surface area contributed by atoms with Crippen LogP contribution < -0.4 is 0 Å². The fourth-order valence-corrected chi connectivity index (χ4v) is 3.53. The van der Waals surface area contributed by atoms with E-state index in [-0.39, 0.29) is 6.10 Å². The lowest BCUT2D eigenvalue weighted by atomic mass is 10.1. The quantitative estimate of drug-likeness (QED) is 0.692. The molecule has 1 saturated heterocycles. The maximum absolute atomic E-state index is 9.78. The van der Waals surface area contributed by atoms with Crippen molar-refractivity contribution >= 4 is 11.8 Å². The summed E-state index contributed by atoms with van der Waals surface area (Å²) in [5.74, 6) is 1.24. The predicted molar refractivity (Wildman–Crippen MR) is 57.1 cm³/mol. The summed E-state index contributed by atoms with van der Waals surface area (Å²) in [5.41, 5.74) is 0. The molecule has 76 valence electrons. The SMILES string of the molecule is CC1CN([C@H]2CCC[C@@H]2O)CCS1. The number of rotatable bonds is 1. The van der Waals surface area contributed by atoms with Crippen molar-refractivity contribution in [1.29, 1.82) is 0 Å². The highest BCUT2D eigenvalue weighted by atomic mass is 32.2. The Hall–Kier alpha value is 0.270. The van der Waals surface area contributed by atoms with Gasteiger partial charge in [-0.2, -0.15) is 11.8 Å². The van der Waals surface area contributed by atoms with Gasteiger partial charge in [-0.25, -0.2) is 0 Å². The Bertz CT molecular complexity index is 176. The summed E-state index contributed by atoms with van der Waals surface area (Å²) in [5, 5.41) is 10.5. The summed E-state index contributed by atoms with van der Waals surface area (Å²) in [6.07, 6.45) is 3.39. The second kappa shape index (κ2) is 4.20. The van der Waals surface area contributed by atoms with Crippen LogP contribution in [0.15, 0.2) is 0 Å². The number of nitrogens with zero attached hydrogens (tertiary/aromatic N) is 1. The first-order valence-electron chi connectivity index (χ1n) is 5.31. The van der Waals surface area contributed by atoms with Gasteiger partial charge < -0.3 is 5.11 Å². The summed E-state index contributed by atoms with van der Waals surface area (Å²) in [4.78, 5) is 2.50. The third-order valence-electron chi connectivity index (χ3n) is 3.19. The van der Waals surface area contributed by atoms with Crippen molar-refractivity contribution in [3.05, 3.63) is 0 Å². The summed E-state index contributed by atoms with van der Waals surface area (Å²) < 4.78 is 0. The van der Waals surface area contributed by atoms with Crippen LogP contribution in [-0.4, -0.2) is 46.2 Å². The molecule has 1 heterocycles. The van der Waals surface area contributed by atoms with Gasteiger partial charge >= 0.3 is 0 Å². The van der Waals surface area contributed by atoms with E-state index in [0.717, 1.165) is 11.7 Å². The maximum atomic E-state index is 9.78. The first-order chi connectivity index (χ1) is 6.27. The smallest absolute Gasteiger partial charge is 0.0695 e. The van der Waals surface area contributed by atoms with E-state index in [1.54, 1.807) is 0 Å². The topological polar surface area (TPSA) is 23.5 Å². The zero-order chi connectivity index (χ0) is 9.26. The van der Waals surface area contributed by atoms with Gasteiger partial charge in [-0.1, -0.05) is 6.92 Å². The largest absolute Gasteiger partial charge is 0.391 e. The Labute approximate surface area is 84.7 Å². The van der Waals surface area contributed by atoms with Crippen molar-refractivity contribution in [3.8, 4) is 0 Å². The lowest BCUT2D eigenvalue weighted by Crippen LogP contribution is -2.46. The fourth-order valence-electron chi connectivity index (χ4n) is 2.49. The molecule has 1 saturated carbocycles. The van der Waals surface area contributed by atoms with E-state index in [2.05, 4.69) is 23.6 Å². The van der Waals surface area contributed by atoms with E-state index < -0.39 is 0 Å². The molecular weight excluding hydrogens is 182 g/mol. The minimum Gasteiger partial charge on any atom is -0.391 e. The molecule has 2 aliphatic rings. The molecular formula is C10H19NOS. The van der Waals surface area contributed by atoms with E-state index >= 15 is 0 Å². The molecule has 1 aliphatic carbocycles. The summed E-state index contributed by atoms with van der Waals surface area (Å²) in [6.45, 7) is 4.64. The van der Waals surface area contributed by atoms with Crippen molar-refractivity contribution in [2.45, 2.75) is 43.6 Å². The van der Waals surface area contributed by atoms with Gasteiger partial charge in [0.1, 0.15) is 0 Å². The first-order valence-corrected chi connectivity index (χ1v) is 6.36. The molecule has 0 aromatic heterocycles. The van der Waals surface area contributed by atoms with Crippen LogP contribution in [0.3, 0.4) is 0 Å². The number of aliphatic hydroxyl groups is 1. The Morgan fingerprint density at radius 2 is 2.23 bits per heavy atom. The Kier molecular flexibility index (Phi) is 3.17. The van der Waals surface area contributed by atoms with Crippen molar-refractivity contribution < 1.29 is 5.11 Å². The molecule has 0 radical (unpaired) electrons. The highest BCUT2D eigenvalue weighted by Crippen LogP contribution is 2.28. The molecule has 3 heteroatoms. The van der Waals surface area contributed by atoms with Crippen molar-refractivity contribution in [3.63, 3.8) is 0 Å². The van der Waals surface area contributed by atoms with Crippen LogP contribution in [0.25, 0.3) is 0 Å². The number of hydrogen-bond donors (Lipinski definition) is 1. The molecule has 0 amide bonds. The summed E-state index contributed by atoms with van der Waals surface area (Å²) >= 11 is 2.06. The van der Waals surface area contributed by atoms with Crippen LogP contribution >= 0.6 is 11.8 Å². The monoisotopic (exact) mass is 201 g/mol. The third-order valence-corrected chi connectivity index (χ3v) is 4.32. The van der Waals surface area contributed by atoms with Gasteiger partial charge in [0.15, 0.2) is 0 Å². The Balaban J connectivity index is 1.91. The summed E-state index contributed by atoms with van der Waals surface area (Å²) in [6, 6.07) is 0.475. The predicted octanol–water partition coefficient (Wildman–Crippen LogP) is 1.34. The average Bonchev–Trinajstić information content (AvgIpc) is 2.51. The Morgan fingerprint density at radius 1 is 1.38 bits per heavy atom. The molecule has 1 N–H and O–H groups in total. The van der Waals surface area contributed by atoms with E-state index in [0.29, 0.717) is 6.04 Å². The second-order valence-corrected chi connectivity index (χ2v) is 5.79. The Morgan fingerprint density at radius 3 is 2.85 bits per heavy atom. The number of thioether (sulfide) groups is 1. The minimum atomic E-state index is -0.0460. The molecule has 2 rings (SSSR count). The van der Waals surface area contributed by atoms with Crippen LogP contribution in [-0.2, 0) is 0 Å². The summed E-state index contributed by atoms with van der Waals surface area (Å²) in [7, 11) is 0. The van der Waals surface area contributed by atoms with Gasteiger partial charge in [-0.15, -0.1) is 0 Å². The zero-order valence-electron chi connectivity index (χ0n) is 8.28. The normalized spacial score (nSPS) is 42.5. The molecule has 1 unspecified atom stereocenters. The van der Waals surface area contributed by atoms with Gasteiger partial charge in [0.25, 0.3) is 0 Å². The third kappa shape index (κ3) is 2.20. The molecule has 0 aromatic rings. The van der Waals surface area contributed by atoms with Crippen molar-refractivity contribution in [2.75, 3.05) is 18.8 Å². The highest BCUT2D eigenvalue weighted by molar-refractivity contribution is 7.99. The molecule has 2 nitrogen and oxygen atoms in total. The molecule has 13 heavy (non-hydrogen) atoms. The van der Waals surface area contributed by atoms with E-state index in [9.17, 15) is 5.11 Å². The maximum Gasteiger partial charge on any atom is 0.0695 e. The molecule has 1 aliphatic heterocycles. The number of aliphatic hydroxyl groups excluding tert-OH is 1. The van der Waals surface area contributed by atoms with Crippen molar-refractivity contribution in [2.24, 2.45) is 0 Å². The lowest BCUT2D eigenvalue weighted by Gasteiger charge is -2.36. The standard InChI is InChI=1S/C10H19NOS/c1-8-7-11(5-6-13-8)9-3-2-4-10(9)12/h8-10,12H,2-7H2,1H3/t8?,9-,10-/m0/s1. The van der Waals surface area contributed by atoms with Crippen LogP contribution in [0.2, 0.25) is 0 Å². The van der Waals surface area contributed by atoms with Gasteiger partial charge in [0.2, 0.25) is 0 Å². The highest BCUT2D eigenvalue weighted by Gasteiger charge is 2.32. The van der Waals surface area contributed by atoms with Gasteiger partial charge in [0.05, 0.1) is 6.10 Å². The fraction of sp³-hybridized carbons (Fsp3) is 1.00. The number of hydrogen-bond acceptors (Lipinski definition) is 3. The van der Waals surface area contributed by atoms with Gasteiger partial charge in [-0.05, 0) is 19.3 Å². The van der Waals surface area contributed by atoms with E-state index in [1.807, 2.05) is 0 Å². The van der Waals surface area contributed by atoms with E-state index in [4.69, 9.17) is 0 Å². The molecule has 0 bridgehead atoms. The van der Waals surface area contributed by atoms with Crippen molar-refractivity contribution in [1.82, 2.24) is 4.90 Å². The molecule has 2 fully saturated rings. The van der Waals surface area contributed by atoms with Crippen LogP contribution in [0.4, 0.5) is 0 Å². The van der Waals surface area contributed by atoms with Crippen LogP contribution in [0.5, 0.6) is 0 Å².